The monoisotopic (exact) mass is 277 g/mol. The van der Waals surface area contributed by atoms with Crippen molar-refractivity contribution in [2.45, 2.75) is 46.7 Å². The summed E-state index contributed by atoms with van der Waals surface area (Å²) >= 11 is 0. The van der Waals surface area contributed by atoms with Gasteiger partial charge in [-0.1, -0.05) is 5.10 Å². The molecule has 2 aromatic rings. The van der Waals surface area contributed by atoms with Gasteiger partial charge in [-0.2, -0.15) is 5.10 Å². The summed E-state index contributed by atoms with van der Waals surface area (Å²) in [6, 6.07) is 0.251. The van der Waals surface area contributed by atoms with Gasteiger partial charge in [-0.25, -0.2) is 4.98 Å². The van der Waals surface area contributed by atoms with E-state index in [4.69, 9.17) is 4.42 Å². The summed E-state index contributed by atoms with van der Waals surface area (Å²) in [6.45, 7) is 10.4. The fourth-order valence-corrected chi connectivity index (χ4v) is 1.32. The molecule has 0 aromatic carbocycles. The summed E-state index contributed by atoms with van der Waals surface area (Å²) in [7, 11) is 0. The largest absolute Gasteiger partial charge is 0.406 e. The van der Waals surface area contributed by atoms with Crippen molar-refractivity contribution in [2.24, 2.45) is 0 Å². The number of nitrogens with one attached hydrogen (secondary N) is 2. The van der Waals surface area contributed by atoms with Gasteiger partial charge >= 0.3 is 6.01 Å². The smallest absolute Gasteiger partial charge is 0.322 e. The Bertz CT molecular complexity index is 588. The van der Waals surface area contributed by atoms with Gasteiger partial charge in [0, 0.05) is 5.54 Å². The number of hydrogen-bond acceptors (Lipinski definition) is 8. The molecule has 2 rings (SSSR count). The molecular formula is C12H19N7O. The van der Waals surface area contributed by atoms with Crippen LogP contribution in [-0.2, 0) is 6.54 Å². The number of hydrogen-bond donors (Lipinski definition) is 2. The first-order valence-corrected chi connectivity index (χ1v) is 6.36. The maximum Gasteiger partial charge on any atom is 0.322 e. The number of aryl methyl sites for hydroxylation is 2. The normalized spacial score (nSPS) is 11.7. The Morgan fingerprint density at radius 3 is 2.40 bits per heavy atom. The predicted molar refractivity (Wildman–Crippen MR) is 73.5 cm³/mol. The van der Waals surface area contributed by atoms with Gasteiger partial charge in [0.2, 0.25) is 5.89 Å². The Labute approximate surface area is 117 Å². The lowest BCUT2D eigenvalue weighted by Crippen LogP contribution is -2.35. The van der Waals surface area contributed by atoms with Crippen molar-refractivity contribution in [1.82, 2.24) is 30.7 Å². The Balaban J connectivity index is 2.00. The van der Waals surface area contributed by atoms with Gasteiger partial charge in [-0.3, -0.25) is 5.32 Å². The zero-order valence-corrected chi connectivity index (χ0v) is 12.4. The van der Waals surface area contributed by atoms with Gasteiger partial charge in [0.05, 0.1) is 17.9 Å². The maximum absolute atomic E-state index is 5.45. The molecule has 0 fully saturated rings. The Hall–Kier alpha value is -2.09. The lowest BCUT2D eigenvalue weighted by molar-refractivity contribution is 0.384. The molecular weight excluding hydrogens is 258 g/mol. The molecule has 0 aliphatic heterocycles. The van der Waals surface area contributed by atoms with Crippen LogP contribution < -0.4 is 10.6 Å². The van der Waals surface area contributed by atoms with E-state index in [-0.39, 0.29) is 11.6 Å². The van der Waals surface area contributed by atoms with E-state index in [1.165, 1.54) is 0 Å². The minimum atomic E-state index is -0.0108. The molecule has 0 aliphatic carbocycles. The molecule has 0 saturated heterocycles. The summed E-state index contributed by atoms with van der Waals surface area (Å²) in [4.78, 5) is 4.23. The number of anilines is 2. The first kappa shape index (κ1) is 14.3. The Morgan fingerprint density at radius 2 is 1.75 bits per heavy atom. The van der Waals surface area contributed by atoms with Crippen LogP contribution in [0, 0.1) is 13.8 Å². The van der Waals surface area contributed by atoms with Crippen LogP contribution in [0.3, 0.4) is 0 Å². The maximum atomic E-state index is 5.45. The standard InChI is InChI=1S/C12H19N7O/c1-7-8(2)16-18-10(14-7)15-11-19-17-9(20-11)6-13-12(3,4)5/h13H,6H2,1-5H3,(H,14,15,18,19). The zero-order chi connectivity index (χ0) is 14.8. The van der Waals surface area contributed by atoms with Crippen LogP contribution in [0.2, 0.25) is 0 Å². The highest BCUT2D eigenvalue weighted by molar-refractivity contribution is 5.38. The van der Waals surface area contributed by atoms with Crippen LogP contribution in [0.5, 0.6) is 0 Å². The molecule has 8 nitrogen and oxygen atoms in total. The Kier molecular flexibility index (Phi) is 3.93. The summed E-state index contributed by atoms with van der Waals surface area (Å²) in [5.41, 5.74) is 1.58. The summed E-state index contributed by atoms with van der Waals surface area (Å²) in [5.74, 6) is 0.839. The van der Waals surface area contributed by atoms with Crippen molar-refractivity contribution in [1.29, 1.82) is 0 Å². The van der Waals surface area contributed by atoms with Gasteiger partial charge in [-0.05, 0) is 34.6 Å². The third-order valence-corrected chi connectivity index (χ3v) is 2.55. The van der Waals surface area contributed by atoms with Crippen LogP contribution in [-0.4, -0.2) is 30.9 Å². The van der Waals surface area contributed by atoms with Crippen molar-refractivity contribution < 1.29 is 4.42 Å². The average molecular weight is 277 g/mol. The van der Waals surface area contributed by atoms with Crippen molar-refractivity contribution in [3.05, 3.63) is 17.3 Å². The zero-order valence-electron chi connectivity index (χ0n) is 12.4. The van der Waals surface area contributed by atoms with E-state index in [0.717, 1.165) is 11.4 Å². The van der Waals surface area contributed by atoms with E-state index in [1.54, 1.807) is 0 Å². The highest BCUT2D eigenvalue weighted by Gasteiger charge is 2.13. The molecule has 0 spiro atoms. The molecule has 0 atom stereocenters. The first-order chi connectivity index (χ1) is 9.33. The molecule has 0 aliphatic rings. The first-order valence-electron chi connectivity index (χ1n) is 6.36. The van der Waals surface area contributed by atoms with E-state index in [0.29, 0.717) is 18.4 Å². The fourth-order valence-electron chi connectivity index (χ4n) is 1.32. The van der Waals surface area contributed by atoms with Gasteiger partial charge in [-0.15, -0.1) is 10.2 Å². The molecule has 0 radical (unpaired) electrons. The van der Waals surface area contributed by atoms with E-state index in [9.17, 15) is 0 Å². The van der Waals surface area contributed by atoms with Crippen molar-refractivity contribution >= 4 is 12.0 Å². The van der Waals surface area contributed by atoms with Crippen molar-refractivity contribution in [3.8, 4) is 0 Å². The van der Waals surface area contributed by atoms with E-state index < -0.39 is 0 Å². The second-order valence-electron chi connectivity index (χ2n) is 5.54. The van der Waals surface area contributed by atoms with E-state index in [1.807, 2.05) is 13.8 Å². The third-order valence-electron chi connectivity index (χ3n) is 2.55. The minimum absolute atomic E-state index is 0.0108. The predicted octanol–water partition coefficient (Wildman–Crippen LogP) is 1.50. The lowest BCUT2D eigenvalue weighted by Gasteiger charge is -2.18. The van der Waals surface area contributed by atoms with E-state index in [2.05, 4.69) is 56.8 Å². The molecule has 2 aromatic heterocycles. The van der Waals surface area contributed by atoms with Crippen LogP contribution in [0.25, 0.3) is 0 Å². The molecule has 0 unspecified atom stereocenters. The van der Waals surface area contributed by atoms with Crippen LogP contribution in [0.1, 0.15) is 38.0 Å². The molecule has 2 N–H and O–H groups in total. The third kappa shape index (κ3) is 3.95. The molecule has 0 bridgehead atoms. The van der Waals surface area contributed by atoms with Crippen LogP contribution >= 0.6 is 0 Å². The second-order valence-corrected chi connectivity index (χ2v) is 5.54. The summed E-state index contributed by atoms with van der Waals surface area (Å²) in [6.07, 6.45) is 0. The highest BCUT2D eigenvalue weighted by Crippen LogP contribution is 2.12. The molecule has 20 heavy (non-hydrogen) atoms. The van der Waals surface area contributed by atoms with Gasteiger partial charge in [0.25, 0.3) is 5.95 Å². The molecule has 0 saturated carbocycles. The lowest BCUT2D eigenvalue weighted by atomic mass is 10.1. The molecule has 0 amide bonds. The quantitative estimate of drug-likeness (QED) is 0.867. The van der Waals surface area contributed by atoms with Gasteiger partial charge in [0.1, 0.15) is 0 Å². The van der Waals surface area contributed by atoms with Crippen LogP contribution in [0.15, 0.2) is 4.42 Å². The van der Waals surface area contributed by atoms with Gasteiger partial charge < -0.3 is 9.73 Å². The topological polar surface area (TPSA) is 102 Å². The highest BCUT2D eigenvalue weighted by atomic mass is 16.4. The average Bonchev–Trinajstić information content (AvgIpc) is 2.78. The molecule has 108 valence electrons. The molecule has 2 heterocycles. The SMILES string of the molecule is Cc1nnc(Nc2nnc(CNC(C)(C)C)o2)nc1C. The second kappa shape index (κ2) is 5.49. The molecule has 8 heteroatoms. The number of aromatic nitrogens is 5. The number of nitrogens with zero attached hydrogens (tertiary/aromatic N) is 5. The summed E-state index contributed by atoms with van der Waals surface area (Å²) < 4.78 is 5.45. The number of rotatable bonds is 4. The fraction of sp³-hybridized carbons (Fsp3) is 0.583. The van der Waals surface area contributed by atoms with Crippen LogP contribution in [0.4, 0.5) is 12.0 Å². The minimum Gasteiger partial charge on any atom is -0.406 e. The summed E-state index contributed by atoms with van der Waals surface area (Å²) in [5, 5.41) is 21.8. The van der Waals surface area contributed by atoms with E-state index >= 15 is 0 Å². The van der Waals surface area contributed by atoms with Gasteiger partial charge in [0.15, 0.2) is 0 Å². The Morgan fingerprint density at radius 1 is 1.00 bits per heavy atom. The van der Waals surface area contributed by atoms with Crippen molar-refractivity contribution in [2.75, 3.05) is 5.32 Å². The van der Waals surface area contributed by atoms with Crippen molar-refractivity contribution in [3.63, 3.8) is 0 Å².